The zero-order valence-electron chi connectivity index (χ0n) is 15.1. The number of para-hydroxylation sites is 1. The van der Waals surface area contributed by atoms with Gasteiger partial charge in [-0.15, -0.1) is 0 Å². The minimum atomic E-state index is -4.60. The lowest BCUT2D eigenvalue weighted by atomic mass is 9.90. The van der Waals surface area contributed by atoms with Gasteiger partial charge in [-0.05, 0) is 31.9 Å². The molecule has 2 fully saturated rings. The third-order valence-electron chi connectivity index (χ3n) is 5.28. The summed E-state index contributed by atoms with van der Waals surface area (Å²) in [6.45, 7) is 1.83. The number of benzene rings is 1. The molecule has 0 radical (unpaired) electrons. The molecule has 0 bridgehead atoms. The van der Waals surface area contributed by atoms with Crippen molar-refractivity contribution in [2.45, 2.75) is 32.0 Å². The topological polar surface area (TPSA) is 89.9 Å². The Hall–Kier alpha value is -2.78. The first-order valence-corrected chi connectivity index (χ1v) is 8.79. The van der Waals surface area contributed by atoms with E-state index >= 15 is 0 Å². The maximum atomic E-state index is 13.2. The SMILES string of the molecule is CC1(C(=O)O)CCN(C(=O)NC2CCN(c3ccccc3C(F)(F)F)C2=O)C1. The molecular formula is C18H20F3N3O4. The number of carbonyl (C=O) groups excluding carboxylic acids is 2. The van der Waals surface area contributed by atoms with Crippen LogP contribution in [-0.2, 0) is 15.8 Å². The van der Waals surface area contributed by atoms with E-state index in [0.717, 1.165) is 11.0 Å². The first-order chi connectivity index (χ1) is 13.0. The second-order valence-electron chi connectivity index (χ2n) is 7.33. The summed E-state index contributed by atoms with van der Waals surface area (Å²) in [4.78, 5) is 38.6. The Labute approximate surface area is 159 Å². The summed E-state index contributed by atoms with van der Waals surface area (Å²) in [5.41, 5.74) is -2.20. The van der Waals surface area contributed by atoms with E-state index in [2.05, 4.69) is 5.32 Å². The molecule has 0 spiro atoms. The Morgan fingerprint density at radius 2 is 1.93 bits per heavy atom. The average Bonchev–Trinajstić information content (AvgIpc) is 3.19. The summed E-state index contributed by atoms with van der Waals surface area (Å²) in [7, 11) is 0. The molecule has 10 heteroatoms. The van der Waals surface area contributed by atoms with E-state index in [0.29, 0.717) is 6.42 Å². The van der Waals surface area contributed by atoms with Crippen LogP contribution in [0.2, 0.25) is 0 Å². The van der Waals surface area contributed by atoms with Crippen molar-refractivity contribution in [1.29, 1.82) is 0 Å². The predicted molar refractivity (Wildman–Crippen MR) is 92.7 cm³/mol. The van der Waals surface area contributed by atoms with Crippen molar-refractivity contribution in [1.82, 2.24) is 10.2 Å². The number of hydrogen-bond acceptors (Lipinski definition) is 3. The molecule has 2 heterocycles. The van der Waals surface area contributed by atoms with Crippen molar-refractivity contribution in [3.05, 3.63) is 29.8 Å². The second-order valence-corrected chi connectivity index (χ2v) is 7.33. The molecule has 2 N–H and O–H groups in total. The quantitative estimate of drug-likeness (QED) is 0.816. The molecule has 1 aromatic rings. The second kappa shape index (κ2) is 6.99. The van der Waals surface area contributed by atoms with Crippen molar-refractivity contribution >= 4 is 23.6 Å². The van der Waals surface area contributed by atoms with E-state index in [-0.39, 0.29) is 31.7 Å². The zero-order chi connectivity index (χ0) is 20.7. The number of anilines is 1. The van der Waals surface area contributed by atoms with Crippen molar-refractivity contribution in [3.8, 4) is 0 Å². The van der Waals surface area contributed by atoms with Crippen LogP contribution in [0.4, 0.5) is 23.7 Å². The van der Waals surface area contributed by atoms with Crippen LogP contribution in [0.25, 0.3) is 0 Å². The van der Waals surface area contributed by atoms with Crippen molar-refractivity contribution < 1.29 is 32.7 Å². The fourth-order valence-corrected chi connectivity index (χ4v) is 3.55. The number of carbonyl (C=O) groups is 3. The molecule has 1 aromatic carbocycles. The van der Waals surface area contributed by atoms with Crippen LogP contribution in [-0.4, -0.2) is 53.6 Å². The smallest absolute Gasteiger partial charge is 0.418 e. The molecule has 2 aliphatic rings. The number of likely N-dealkylation sites (tertiary alicyclic amines) is 1. The van der Waals surface area contributed by atoms with Gasteiger partial charge in [0.1, 0.15) is 6.04 Å². The third kappa shape index (κ3) is 3.63. The standard InChI is InChI=1S/C18H20F3N3O4/c1-17(15(26)27)7-9-23(10-17)16(28)22-12-6-8-24(14(12)25)13-5-3-2-4-11(13)18(19,20)21/h2-5,12H,6-10H2,1H3,(H,22,28)(H,26,27). The molecule has 2 aliphatic heterocycles. The van der Waals surface area contributed by atoms with Gasteiger partial charge in [0.15, 0.2) is 0 Å². The lowest BCUT2D eigenvalue weighted by Gasteiger charge is -2.23. The van der Waals surface area contributed by atoms with Gasteiger partial charge in [-0.1, -0.05) is 12.1 Å². The minimum Gasteiger partial charge on any atom is -0.481 e. The Kier molecular flexibility index (Phi) is 4.99. The predicted octanol–water partition coefficient (Wildman–Crippen LogP) is 2.32. The lowest BCUT2D eigenvalue weighted by molar-refractivity contribution is -0.147. The largest absolute Gasteiger partial charge is 0.481 e. The highest BCUT2D eigenvalue weighted by atomic mass is 19.4. The molecule has 2 saturated heterocycles. The Morgan fingerprint density at radius 3 is 2.54 bits per heavy atom. The number of carboxylic acid groups (broad SMARTS) is 1. The minimum absolute atomic E-state index is 0.00962. The van der Waals surface area contributed by atoms with E-state index < -0.39 is 41.1 Å². The first kappa shape index (κ1) is 20.0. The highest BCUT2D eigenvalue weighted by molar-refractivity contribution is 6.01. The number of nitrogens with zero attached hydrogens (tertiary/aromatic N) is 2. The van der Waals surface area contributed by atoms with E-state index in [9.17, 15) is 32.7 Å². The highest BCUT2D eigenvalue weighted by Gasteiger charge is 2.44. The Balaban J connectivity index is 1.69. The number of halogens is 3. The number of nitrogens with one attached hydrogen (secondary N) is 1. The van der Waals surface area contributed by atoms with Gasteiger partial charge in [0.2, 0.25) is 5.91 Å². The summed E-state index contributed by atoms with van der Waals surface area (Å²) >= 11 is 0. The molecule has 2 atom stereocenters. The van der Waals surface area contributed by atoms with E-state index in [1.807, 2.05) is 0 Å². The van der Waals surface area contributed by atoms with E-state index in [4.69, 9.17) is 0 Å². The normalized spacial score (nSPS) is 25.3. The molecule has 0 saturated carbocycles. The molecule has 152 valence electrons. The fourth-order valence-electron chi connectivity index (χ4n) is 3.55. The lowest BCUT2D eigenvalue weighted by Crippen LogP contribution is -2.48. The van der Waals surface area contributed by atoms with Crippen molar-refractivity contribution in [3.63, 3.8) is 0 Å². The molecule has 0 aliphatic carbocycles. The van der Waals surface area contributed by atoms with Crippen molar-refractivity contribution in [2.24, 2.45) is 5.41 Å². The van der Waals surface area contributed by atoms with Gasteiger partial charge >= 0.3 is 18.2 Å². The van der Waals surface area contributed by atoms with Gasteiger partial charge in [0.25, 0.3) is 0 Å². The maximum absolute atomic E-state index is 13.2. The van der Waals surface area contributed by atoms with Crippen LogP contribution in [0.3, 0.4) is 0 Å². The summed E-state index contributed by atoms with van der Waals surface area (Å²) in [6, 6.07) is 3.26. The summed E-state index contributed by atoms with van der Waals surface area (Å²) in [5.74, 6) is -1.63. The van der Waals surface area contributed by atoms with Crippen LogP contribution in [0.5, 0.6) is 0 Å². The summed E-state index contributed by atoms with van der Waals surface area (Å²) in [6.07, 6.45) is -4.14. The molecule has 3 amide bonds. The Bertz CT molecular complexity index is 814. The van der Waals surface area contributed by atoms with Gasteiger partial charge in [-0.25, -0.2) is 4.79 Å². The van der Waals surface area contributed by atoms with Gasteiger partial charge < -0.3 is 20.2 Å². The molecule has 3 rings (SSSR count). The zero-order valence-corrected chi connectivity index (χ0v) is 15.1. The first-order valence-electron chi connectivity index (χ1n) is 8.79. The number of alkyl halides is 3. The summed E-state index contributed by atoms with van der Waals surface area (Å²) < 4.78 is 39.6. The number of aliphatic carboxylic acids is 1. The van der Waals surface area contributed by atoms with Crippen LogP contribution >= 0.6 is 0 Å². The molecular weight excluding hydrogens is 379 g/mol. The molecule has 7 nitrogen and oxygen atoms in total. The van der Waals surface area contributed by atoms with Crippen LogP contribution < -0.4 is 10.2 Å². The van der Waals surface area contributed by atoms with Crippen molar-refractivity contribution in [2.75, 3.05) is 24.5 Å². The average molecular weight is 399 g/mol. The van der Waals surface area contributed by atoms with Gasteiger partial charge in [0, 0.05) is 19.6 Å². The number of hydrogen-bond donors (Lipinski definition) is 2. The van der Waals surface area contributed by atoms with Crippen LogP contribution in [0.15, 0.2) is 24.3 Å². The monoisotopic (exact) mass is 399 g/mol. The molecule has 2 unspecified atom stereocenters. The molecule has 28 heavy (non-hydrogen) atoms. The highest BCUT2D eigenvalue weighted by Crippen LogP contribution is 2.38. The Morgan fingerprint density at radius 1 is 1.25 bits per heavy atom. The van der Waals surface area contributed by atoms with Gasteiger partial charge in [-0.2, -0.15) is 13.2 Å². The fraction of sp³-hybridized carbons (Fsp3) is 0.500. The van der Waals surface area contributed by atoms with Crippen LogP contribution in [0.1, 0.15) is 25.3 Å². The summed E-state index contributed by atoms with van der Waals surface area (Å²) in [5, 5.41) is 11.8. The third-order valence-corrected chi connectivity index (χ3v) is 5.28. The number of amides is 3. The van der Waals surface area contributed by atoms with Gasteiger partial charge in [-0.3, -0.25) is 9.59 Å². The number of urea groups is 1. The van der Waals surface area contributed by atoms with Crippen LogP contribution in [0, 0.1) is 5.41 Å². The van der Waals surface area contributed by atoms with E-state index in [1.165, 1.54) is 23.1 Å². The number of carboxylic acids is 1. The molecule has 0 aromatic heterocycles. The number of rotatable bonds is 3. The van der Waals surface area contributed by atoms with Gasteiger partial charge in [0.05, 0.1) is 16.7 Å². The van der Waals surface area contributed by atoms with E-state index in [1.54, 1.807) is 6.92 Å². The maximum Gasteiger partial charge on any atom is 0.418 e.